The summed E-state index contributed by atoms with van der Waals surface area (Å²) in [7, 11) is -1.70. The molecule has 0 aromatic rings. The van der Waals surface area contributed by atoms with E-state index in [1.807, 2.05) is 6.92 Å². The van der Waals surface area contributed by atoms with Crippen molar-refractivity contribution in [3.63, 3.8) is 0 Å². The predicted octanol–water partition coefficient (Wildman–Crippen LogP) is 5.32. The summed E-state index contributed by atoms with van der Waals surface area (Å²) in [5.41, 5.74) is -1.67. The maximum atomic E-state index is 12.6. The molecule has 4 heteroatoms. The third-order valence-electron chi connectivity index (χ3n) is 8.14. The summed E-state index contributed by atoms with van der Waals surface area (Å²) < 4.78 is 6.88. The zero-order chi connectivity index (χ0) is 19.1. The standard InChI is InChI=1S/C21H40O3Si/c1-8-25(9-2,10-3)24-19(5,6)17-13-14-20(7)18(22)12-11-16(4)21(20,23)15-17/h16-17,23H,8-15H2,1-7H3/t16-,17+,20-,21-/m0/s1. The normalized spacial score (nSPS) is 37.0. The number of hydrogen-bond acceptors (Lipinski definition) is 3. The van der Waals surface area contributed by atoms with Gasteiger partial charge in [0.15, 0.2) is 8.32 Å². The minimum Gasteiger partial charge on any atom is -0.412 e. The fourth-order valence-electron chi connectivity index (χ4n) is 5.57. The molecule has 146 valence electrons. The number of Topliss-reactive ketones (excluding diaryl/α,β-unsaturated/α-hetero) is 1. The van der Waals surface area contributed by atoms with Gasteiger partial charge in [-0.15, -0.1) is 0 Å². The lowest BCUT2D eigenvalue weighted by Crippen LogP contribution is -2.63. The van der Waals surface area contributed by atoms with Crippen molar-refractivity contribution in [2.45, 2.75) is 110 Å². The first-order valence-corrected chi connectivity index (χ1v) is 13.0. The van der Waals surface area contributed by atoms with Crippen LogP contribution in [0.25, 0.3) is 0 Å². The van der Waals surface area contributed by atoms with Gasteiger partial charge in [-0.2, -0.15) is 0 Å². The van der Waals surface area contributed by atoms with E-state index in [9.17, 15) is 9.90 Å². The van der Waals surface area contributed by atoms with Crippen LogP contribution in [0.4, 0.5) is 0 Å². The van der Waals surface area contributed by atoms with Gasteiger partial charge in [-0.05, 0) is 76.4 Å². The number of ketones is 1. The van der Waals surface area contributed by atoms with Crippen LogP contribution in [0, 0.1) is 17.3 Å². The summed E-state index contributed by atoms with van der Waals surface area (Å²) in [6.45, 7) is 15.4. The second-order valence-corrected chi connectivity index (χ2v) is 14.2. The molecule has 25 heavy (non-hydrogen) atoms. The number of fused-ring (bicyclic) bond motifs is 1. The minimum absolute atomic E-state index is 0.180. The summed E-state index contributed by atoms with van der Waals surface area (Å²) in [5, 5.41) is 11.6. The second kappa shape index (κ2) is 7.08. The first kappa shape index (κ1) is 21.1. The summed E-state index contributed by atoms with van der Waals surface area (Å²) in [6.07, 6.45) is 3.92. The van der Waals surface area contributed by atoms with Gasteiger partial charge < -0.3 is 9.53 Å². The molecule has 0 spiro atoms. The molecule has 2 aliphatic rings. The largest absolute Gasteiger partial charge is 0.412 e. The third kappa shape index (κ3) is 3.39. The maximum Gasteiger partial charge on any atom is 0.192 e. The fraction of sp³-hybridized carbons (Fsp3) is 0.952. The van der Waals surface area contributed by atoms with Crippen LogP contribution in [0.2, 0.25) is 18.1 Å². The highest BCUT2D eigenvalue weighted by molar-refractivity contribution is 6.73. The molecule has 0 heterocycles. The van der Waals surface area contributed by atoms with Gasteiger partial charge in [0.1, 0.15) is 5.78 Å². The van der Waals surface area contributed by atoms with E-state index in [2.05, 4.69) is 41.5 Å². The van der Waals surface area contributed by atoms with Crippen LogP contribution >= 0.6 is 0 Å². The lowest BCUT2D eigenvalue weighted by atomic mass is 9.50. The Morgan fingerprint density at radius 3 is 2.28 bits per heavy atom. The van der Waals surface area contributed by atoms with E-state index in [0.717, 1.165) is 37.4 Å². The van der Waals surface area contributed by atoms with Crippen molar-refractivity contribution in [3.05, 3.63) is 0 Å². The van der Waals surface area contributed by atoms with Gasteiger partial charge in [-0.3, -0.25) is 4.79 Å². The number of rotatable bonds is 6. The predicted molar refractivity (Wildman–Crippen MR) is 106 cm³/mol. The molecule has 2 rings (SSSR count). The van der Waals surface area contributed by atoms with Gasteiger partial charge in [-0.1, -0.05) is 27.7 Å². The van der Waals surface area contributed by atoms with Crippen molar-refractivity contribution < 1.29 is 14.3 Å². The van der Waals surface area contributed by atoms with Crippen LogP contribution in [-0.2, 0) is 9.22 Å². The second-order valence-electron chi connectivity index (χ2n) is 9.51. The molecule has 2 fully saturated rings. The molecule has 4 atom stereocenters. The molecule has 2 aliphatic carbocycles. The molecular formula is C21H40O3Si. The highest BCUT2D eigenvalue weighted by atomic mass is 28.4. The third-order valence-corrected chi connectivity index (χ3v) is 13.0. The molecule has 0 saturated heterocycles. The lowest BCUT2D eigenvalue weighted by molar-refractivity contribution is -0.194. The number of carbonyl (C=O) groups excluding carboxylic acids is 1. The molecule has 0 aromatic carbocycles. The van der Waals surface area contributed by atoms with E-state index >= 15 is 0 Å². The fourth-order valence-corrected chi connectivity index (χ4v) is 8.79. The molecule has 0 aliphatic heterocycles. The summed E-state index contributed by atoms with van der Waals surface area (Å²) in [4.78, 5) is 12.6. The maximum absolute atomic E-state index is 12.6. The van der Waals surface area contributed by atoms with Crippen molar-refractivity contribution in [2.75, 3.05) is 0 Å². The Morgan fingerprint density at radius 2 is 1.76 bits per heavy atom. The Kier molecular flexibility index (Phi) is 5.98. The Balaban J connectivity index is 2.26. The number of hydrogen-bond donors (Lipinski definition) is 1. The molecule has 3 nitrogen and oxygen atoms in total. The van der Waals surface area contributed by atoms with Gasteiger partial charge in [0.05, 0.1) is 16.6 Å². The van der Waals surface area contributed by atoms with E-state index in [-0.39, 0.29) is 17.3 Å². The molecule has 1 N–H and O–H groups in total. The van der Waals surface area contributed by atoms with Crippen LogP contribution < -0.4 is 0 Å². The molecule has 0 unspecified atom stereocenters. The molecule has 0 bridgehead atoms. The van der Waals surface area contributed by atoms with Crippen molar-refractivity contribution in [1.82, 2.24) is 0 Å². The zero-order valence-electron chi connectivity index (χ0n) is 17.6. The van der Waals surface area contributed by atoms with E-state index in [4.69, 9.17) is 4.43 Å². The highest BCUT2D eigenvalue weighted by Crippen LogP contribution is 2.57. The van der Waals surface area contributed by atoms with Gasteiger partial charge in [0, 0.05) is 6.42 Å². The van der Waals surface area contributed by atoms with E-state index < -0.39 is 19.3 Å². The molecule has 0 amide bonds. The Bertz CT molecular complexity index is 491. The SMILES string of the molecule is CC[Si](CC)(CC)OC(C)(C)[C@@H]1CC[C@@]2(C)C(=O)CC[C@H](C)[C@@]2(O)C1. The van der Waals surface area contributed by atoms with Crippen LogP contribution in [0.5, 0.6) is 0 Å². The average molecular weight is 369 g/mol. The summed E-state index contributed by atoms with van der Waals surface area (Å²) in [5.74, 6) is 0.763. The van der Waals surface area contributed by atoms with E-state index in [0.29, 0.717) is 18.8 Å². The van der Waals surface area contributed by atoms with E-state index in [1.54, 1.807) is 0 Å². The van der Waals surface area contributed by atoms with E-state index in [1.165, 1.54) is 0 Å². The van der Waals surface area contributed by atoms with Crippen LogP contribution in [-0.4, -0.2) is 30.4 Å². The Labute approximate surface area is 156 Å². The monoisotopic (exact) mass is 368 g/mol. The number of aliphatic hydroxyl groups is 1. The van der Waals surface area contributed by atoms with Gasteiger partial charge >= 0.3 is 0 Å². The van der Waals surface area contributed by atoms with Crippen molar-refractivity contribution in [3.8, 4) is 0 Å². The molecular weight excluding hydrogens is 328 g/mol. The molecule has 2 saturated carbocycles. The van der Waals surface area contributed by atoms with Gasteiger partial charge in [-0.25, -0.2) is 0 Å². The van der Waals surface area contributed by atoms with Gasteiger partial charge in [0.25, 0.3) is 0 Å². The van der Waals surface area contributed by atoms with Crippen LogP contribution in [0.15, 0.2) is 0 Å². The minimum atomic E-state index is -1.70. The van der Waals surface area contributed by atoms with Crippen molar-refractivity contribution >= 4 is 14.1 Å². The Hall–Kier alpha value is -0.193. The van der Waals surface area contributed by atoms with Crippen LogP contribution in [0.1, 0.15) is 80.6 Å². The van der Waals surface area contributed by atoms with Crippen molar-refractivity contribution in [1.29, 1.82) is 0 Å². The summed E-state index contributed by atoms with van der Waals surface area (Å²) in [6, 6.07) is 3.44. The van der Waals surface area contributed by atoms with Gasteiger partial charge in [0.2, 0.25) is 0 Å². The smallest absolute Gasteiger partial charge is 0.192 e. The number of carbonyl (C=O) groups is 1. The van der Waals surface area contributed by atoms with Crippen LogP contribution in [0.3, 0.4) is 0 Å². The quantitative estimate of drug-likeness (QED) is 0.645. The summed E-state index contributed by atoms with van der Waals surface area (Å²) >= 11 is 0. The van der Waals surface area contributed by atoms with Crippen molar-refractivity contribution in [2.24, 2.45) is 17.3 Å². The first-order chi connectivity index (χ1) is 11.5. The average Bonchev–Trinajstić information content (AvgIpc) is 2.58. The topological polar surface area (TPSA) is 46.5 Å². The molecule has 0 aromatic heterocycles. The lowest BCUT2D eigenvalue weighted by Gasteiger charge is -2.58. The first-order valence-electron chi connectivity index (χ1n) is 10.5. The molecule has 0 radical (unpaired) electrons. The zero-order valence-corrected chi connectivity index (χ0v) is 18.6. The highest BCUT2D eigenvalue weighted by Gasteiger charge is 2.61. The Morgan fingerprint density at radius 1 is 1.20 bits per heavy atom.